The summed E-state index contributed by atoms with van der Waals surface area (Å²) < 4.78 is 5.27. The predicted octanol–water partition coefficient (Wildman–Crippen LogP) is 3.59. The molecule has 25 heavy (non-hydrogen) atoms. The van der Waals surface area contributed by atoms with Crippen LogP contribution in [-0.4, -0.2) is 35.2 Å². The van der Waals surface area contributed by atoms with Gasteiger partial charge in [-0.15, -0.1) is 0 Å². The molecule has 1 saturated heterocycles. The lowest BCUT2D eigenvalue weighted by atomic mass is 10.1. The second-order valence-corrected chi connectivity index (χ2v) is 7.03. The number of hydrogen-bond donors (Lipinski definition) is 0. The number of hydrogen-bond acceptors (Lipinski definition) is 3. The number of furan rings is 1. The lowest BCUT2D eigenvalue weighted by Crippen LogP contribution is -2.34. The Morgan fingerprint density at radius 3 is 2.84 bits per heavy atom. The van der Waals surface area contributed by atoms with Crippen molar-refractivity contribution >= 4 is 35.0 Å². The Bertz CT molecular complexity index is 777. The van der Waals surface area contributed by atoms with E-state index in [4.69, 9.17) is 27.6 Å². The van der Waals surface area contributed by atoms with Gasteiger partial charge in [-0.25, -0.2) is 0 Å². The van der Waals surface area contributed by atoms with Crippen molar-refractivity contribution in [2.24, 2.45) is 5.92 Å². The molecule has 132 valence electrons. The van der Waals surface area contributed by atoms with Gasteiger partial charge in [-0.2, -0.15) is 0 Å². The molecule has 3 rings (SSSR count). The molecule has 1 unspecified atom stereocenters. The summed E-state index contributed by atoms with van der Waals surface area (Å²) in [6.45, 7) is 1.16. The fraction of sp³-hybridized carbons (Fsp3) is 0.333. The van der Waals surface area contributed by atoms with E-state index in [9.17, 15) is 9.59 Å². The molecule has 0 spiro atoms. The minimum atomic E-state index is -0.349. The van der Waals surface area contributed by atoms with Crippen molar-refractivity contribution in [3.05, 3.63) is 58.0 Å². The maximum absolute atomic E-state index is 12.7. The third-order valence-corrected chi connectivity index (χ3v) is 4.88. The standard InChI is InChI=1S/C18H18Cl2N2O3/c1-21(9-12-4-5-14(19)8-16(12)20)18(24)13-7-17(23)22(10-13)11-15-3-2-6-25-15/h2-6,8,13H,7,9-11H2,1H3. The molecular weight excluding hydrogens is 363 g/mol. The van der Waals surface area contributed by atoms with Crippen LogP contribution in [0, 0.1) is 5.92 Å². The van der Waals surface area contributed by atoms with Crippen molar-refractivity contribution in [1.29, 1.82) is 0 Å². The van der Waals surface area contributed by atoms with Gasteiger partial charge in [0, 0.05) is 36.6 Å². The maximum Gasteiger partial charge on any atom is 0.228 e. The summed E-state index contributed by atoms with van der Waals surface area (Å²) in [5.74, 6) is 0.260. The minimum absolute atomic E-state index is 0.0346. The molecule has 0 N–H and O–H groups in total. The smallest absolute Gasteiger partial charge is 0.228 e. The highest BCUT2D eigenvalue weighted by Gasteiger charge is 2.36. The summed E-state index contributed by atoms with van der Waals surface area (Å²) in [5, 5.41) is 1.08. The zero-order chi connectivity index (χ0) is 18.0. The summed E-state index contributed by atoms with van der Waals surface area (Å²) in [6, 6.07) is 8.79. The van der Waals surface area contributed by atoms with E-state index in [0.29, 0.717) is 35.4 Å². The number of amides is 2. The van der Waals surface area contributed by atoms with Crippen molar-refractivity contribution in [3.63, 3.8) is 0 Å². The summed E-state index contributed by atoms with van der Waals surface area (Å²) in [5.41, 5.74) is 0.818. The first-order chi connectivity index (χ1) is 11.9. The van der Waals surface area contributed by atoms with E-state index in [1.54, 1.807) is 47.4 Å². The van der Waals surface area contributed by atoms with Gasteiger partial charge in [-0.05, 0) is 29.8 Å². The highest BCUT2D eigenvalue weighted by atomic mass is 35.5. The van der Waals surface area contributed by atoms with Crippen LogP contribution in [0.1, 0.15) is 17.7 Å². The highest BCUT2D eigenvalue weighted by molar-refractivity contribution is 6.35. The Hall–Kier alpha value is -1.98. The van der Waals surface area contributed by atoms with E-state index in [1.807, 2.05) is 6.07 Å². The van der Waals surface area contributed by atoms with Gasteiger partial charge >= 0.3 is 0 Å². The van der Waals surface area contributed by atoms with E-state index in [1.165, 1.54) is 0 Å². The Morgan fingerprint density at radius 2 is 2.16 bits per heavy atom. The van der Waals surface area contributed by atoms with Gasteiger partial charge < -0.3 is 14.2 Å². The average molecular weight is 381 g/mol. The summed E-state index contributed by atoms with van der Waals surface area (Å²) in [4.78, 5) is 28.1. The molecule has 7 heteroatoms. The molecule has 1 aliphatic rings. The van der Waals surface area contributed by atoms with E-state index >= 15 is 0 Å². The van der Waals surface area contributed by atoms with Crippen molar-refractivity contribution in [2.75, 3.05) is 13.6 Å². The van der Waals surface area contributed by atoms with Gasteiger partial charge in [0.2, 0.25) is 11.8 Å². The molecular formula is C18H18Cl2N2O3. The second kappa shape index (κ2) is 7.50. The molecule has 0 aliphatic carbocycles. The first-order valence-corrected chi connectivity index (χ1v) is 8.68. The van der Waals surface area contributed by atoms with Crippen LogP contribution in [0.2, 0.25) is 10.0 Å². The third-order valence-electron chi connectivity index (χ3n) is 4.29. The van der Waals surface area contributed by atoms with Gasteiger partial charge in [0.15, 0.2) is 0 Å². The highest BCUT2D eigenvalue weighted by Crippen LogP contribution is 2.25. The summed E-state index contributed by atoms with van der Waals surface area (Å²) in [6.07, 6.45) is 1.79. The number of rotatable bonds is 5. The Labute approximate surface area is 156 Å². The van der Waals surface area contributed by atoms with Crippen molar-refractivity contribution < 1.29 is 14.0 Å². The van der Waals surface area contributed by atoms with Crippen LogP contribution in [0.15, 0.2) is 41.0 Å². The fourth-order valence-corrected chi connectivity index (χ4v) is 3.44. The van der Waals surface area contributed by atoms with Gasteiger partial charge in [-0.3, -0.25) is 9.59 Å². The SMILES string of the molecule is CN(Cc1ccc(Cl)cc1Cl)C(=O)C1CC(=O)N(Cc2ccco2)C1. The molecule has 1 fully saturated rings. The summed E-state index contributed by atoms with van der Waals surface area (Å²) in [7, 11) is 1.72. The van der Waals surface area contributed by atoms with Gasteiger partial charge in [-0.1, -0.05) is 29.3 Å². The number of carbonyl (C=O) groups is 2. The zero-order valence-electron chi connectivity index (χ0n) is 13.7. The molecule has 0 bridgehead atoms. The van der Waals surface area contributed by atoms with Gasteiger partial charge in [0.1, 0.15) is 5.76 Å². The number of halogens is 2. The third kappa shape index (κ3) is 4.17. The van der Waals surface area contributed by atoms with Crippen LogP contribution >= 0.6 is 23.2 Å². The monoisotopic (exact) mass is 380 g/mol. The van der Waals surface area contributed by atoms with Crippen LogP contribution in [0.4, 0.5) is 0 Å². The van der Waals surface area contributed by atoms with Crippen molar-refractivity contribution in [3.8, 4) is 0 Å². The maximum atomic E-state index is 12.7. The number of nitrogens with zero attached hydrogens (tertiary/aromatic N) is 2. The lowest BCUT2D eigenvalue weighted by Gasteiger charge is -2.22. The van der Waals surface area contributed by atoms with Gasteiger partial charge in [0.05, 0.1) is 18.7 Å². The molecule has 0 saturated carbocycles. The number of benzene rings is 1. The van der Waals surface area contributed by atoms with Crippen LogP contribution in [0.5, 0.6) is 0 Å². The molecule has 1 aliphatic heterocycles. The Morgan fingerprint density at radius 1 is 1.36 bits per heavy atom. The van der Waals surface area contributed by atoms with E-state index in [0.717, 1.165) is 5.56 Å². The quantitative estimate of drug-likeness (QED) is 0.796. The Kier molecular flexibility index (Phi) is 5.35. The van der Waals surface area contributed by atoms with E-state index in [-0.39, 0.29) is 24.2 Å². The molecule has 1 atom stereocenters. The molecule has 1 aromatic heterocycles. The normalized spacial score (nSPS) is 17.2. The molecule has 1 aromatic carbocycles. The van der Waals surface area contributed by atoms with Crippen LogP contribution < -0.4 is 0 Å². The fourth-order valence-electron chi connectivity index (χ4n) is 2.98. The first kappa shape index (κ1) is 17.8. The average Bonchev–Trinajstić information content (AvgIpc) is 3.20. The van der Waals surface area contributed by atoms with Crippen LogP contribution in [0.25, 0.3) is 0 Å². The molecule has 0 radical (unpaired) electrons. The molecule has 2 amide bonds. The van der Waals surface area contributed by atoms with E-state index in [2.05, 4.69) is 0 Å². The predicted molar refractivity (Wildman–Crippen MR) is 95.2 cm³/mol. The van der Waals surface area contributed by atoms with Crippen molar-refractivity contribution in [2.45, 2.75) is 19.5 Å². The largest absolute Gasteiger partial charge is 0.467 e. The lowest BCUT2D eigenvalue weighted by molar-refractivity contribution is -0.135. The summed E-state index contributed by atoms with van der Waals surface area (Å²) >= 11 is 12.1. The minimum Gasteiger partial charge on any atom is -0.467 e. The Balaban J connectivity index is 1.61. The molecule has 2 aromatic rings. The topological polar surface area (TPSA) is 53.8 Å². The van der Waals surface area contributed by atoms with Crippen LogP contribution in [-0.2, 0) is 22.7 Å². The van der Waals surface area contributed by atoms with Crippen molar-refractivity contribution in [1.82, 2.24) is 9.80 Å². The van der Waals surface area contributed by atoms with Crippen LogP contribution in [0.3, 0.4) is 0 Å². The van der Waals surface area contributed by atoms with Gasteiger partial charge in [0.25, 0.3) is 0 Å². The zero-order valence-corrected chi connectivity index (χ0v) is 15.3. The molecule has 2 heterocycles. The van der Waals surface area contributed by atoms with E-state index < -0.39 is 0 Å². The molecule has 5 nitrogen and oxygen atoms in total. The first-order valence-electron chi connectivity index (χ1n) is 7.93. The number of carbonyl (C=O) groups excluding carboxylic acids is 2. The number of likely N-dealkylation sites (tertiary alicyclic amines) is 1. The second-order valence-electron chi connectivity index (χ2n) is 6.18.